The third-order valence-corrected chi connectivity index (χ3v) is 3.45. The SMILES string of the molecule is CC(C)Cc1noc([C@H]2Cc3ccccc3CN2)n1. The summed E-state index contributed by atoms with van der Waals surface area (Å²) in [7, 11) is 0. The fourth-order valence-corrected chi connectivity index (χ4v) is 2.49. The fraction of sp³-hybridized carbons (Fsp3) is 0.467. The van der Waals surface area contributed by atoms with Crippen molar-refractivity contribution < 1.29 is 4.52 Å². The van der Waals surface area contributed by atoms with Gasteiger partial charge in [-0.2, -0.15) is 4.98 Å². The van der Waals surface area contributed by atoms with Crippen LogP contribution >= 0.6 is 0 Å². The maximum absolute atomic E-state index is 5.40. The van der Waals surface area contributed by atoms with E-state index in [4.69, 9.17) is 4.52 Å². The molecule has 0 radical (unpaired) electrons. The number of hydrogen-bond donors (Lipinski definition) is 1. The summed E-state index contributed by atoms with van der Waals surface area (Å²) >= 11 is 0. The molecule has 19 heavy (non-hydrogen) atoms. The lowest BCUT2D eigenvalue weighted by molar-refractivity contribution is 0.318. The van der Waals surface area contributed by atoms with Crippen LogP contribution in [0.4, 0.5) is 0 Å². The molecule has 0 bridgehead atoms. The van der Waals surface area contributed by atoms with Crippen molar-refractivity contribution in [2.45, 2.75) is 39.3 Å². The van der Waals surface area contributed by atoms with Crippen LogP contribution < -0.4 is 5.32 Å². The van der Waals surface area contributed by atoms with Crippen LogP contribution in [0.5, 0.6) is 0 Å². The van der Waals surface area contributed by atoms with E-state index < -0.39 is 0 Å². The van der Waals surface area contributed by atoms with Gasteiger partial charge in [-0.05, 0) is 23.5 Å². The molecule has 1 aliphatic heterocycles. The second-order valence-corrected chi connectivity index (χ2v) is 5.55. The summed E-state index contributed by atoms with van der Waals surface area (Å²) in [6, 6.07) is 8.64. The minimum absolute atomic E-state index is 0.142. The first-order valence-electron chi connectivity index (χ1n) is 6.85. The van der Waals surface area contributed by atoms with Crippen molar-refractivity contribution >= 4 is 0 Å². The van der Waals surface area contributed by atoms with Gasteiger partial charge in [0.2, 0.25) is 5.89 Å². The molecule has 0 amide bonds. The van der Waals surface area contributed by atoms with Crippen molar-refractivity contribution in [1.82, 2.24) is 15.5 Å². The molecule has 0 saturated heterocycles. The van der Waals surface area contributed by atoms with Crippen molar-refractivity contribution in [2.75, 3.05) is 0 Å². The standard InChI is InChI=1S/C15H19N3O/c1-10(2)7-14-17-15(19-18-14)13-8-11-5-3-4-6-12(11)9-16-13/h3-6,10,13,16H,7-9H2,1-2H3/t13-/m1/s1. The van der Waals surface area contributed by atoms with Gasteiger partial charge in [-0.3, -0.25) is 0 Å². The van der Waals surface area contributed by atoms with Crippen LogP contribution in [0.1, 0.15) is 42.7 Å². The third-order valence-electron chi connectivity index (χ3n) is 3.45. The number of aromatic nitrogens is 2. The molecule has 1 aromatic carbocycles. The largest absolute Gasteiger partial charge is 0.338 e. The zero-order chi connectivity index (χ0) is 13.2. The lowest BCUT2D eigenvalue weighted by atomic mass is 9.96. The molecule has 2 heterocycles. The molecule has 4 heteroatoms. The van der Waals surface area contributed by atoms with Crippen molar-refractivity contribution in [2.24, 2.45) is 5.92 Å². The average molecular weight is 257 g/mol. The van der Waals surface area contributed by atoms with Crippen LogP contribution in [0.2, 0.25) is 0 Å². The molecule has 1 aromatic heterocycles. The third kappa shape index (κ3) is 2.68. The Balaban J connectivity index is 1.76. The van der Waals surface area contributed by atoms with Crippen molar-refractivity contribution in [3.63, 3.8) is 0 Å². The summed E-state index contributed by atoms with van der Waals surface area (Å²) < 4.78 is 5.40. The highest BCUT2D eigenvalue weighted by Crippen LogP contribution is 2.24. The van der Waals surface area contributed by atoms with Crippen molar-refractivity contribution in [3.8, 4) is 0 Å². The van der Waals surface area contributed by atoms with Gasteiger partial charge in [0.05, 0.1) is 6.04 Å². The van der Waals surface area contributed by atoms with Gasteiger partial charge >= 0.3 is 0 Å². The normalized spacial score (nSPS) is 18.6. The van der Waals surface area contributed by atoms with Gasteiger partial charge in [0.25, 0.3) is 0 Å². The second kappa shape index (κ2) is 5.13. The Labute approximate surface area is 113 Å². The Morgan fingerprint density at radius 1 is 1.32 bits per heavy atom. The first-order chi connectivity index (χ1) is 9.22. The van der Waals surface area contributed by atoms with Gasteiger partial charge in [-0.25, -0.2) is 0 Å². The van der Waals surface area contributed by atoms with Crippen LogP contribution in [0.25, 0.3) is 0 Å². The molecule has 0 spiro atoms. The molecule has 100 valence electrons. The topological polar surface area (TPSA) is 51.0 Å². The summed E-state index contributed by atoms with van der Waals surface area (Å²) in [6.45, 7) is 5.18. The minimum atomic E-state index is 0.142. The van der Waals surface area contributed by atoms with E-state index in [-0.39, 0.29) is 6.04 Å². The first-order valence-corrected chi connectivity index (χ1v) is 6.85. The minimum Gasteiger partial charge on any atom is -0.338 e. The molecule has 1 aliphatic rings. The maximum Gasteiger partial charge on any atom is 0.244 e. The molecule has 3 rings (SSSR count). The number of benzene rings is 1. The number of hydrogen-bond acceptors (Lipinski definition) is 4. The lowest BCUT2D eigenvalue weighted by Gasteiger charge is -2.23. The molecule has 1 atom stereocenters. The zero-order valence-corrected chi connectivity index (χ0v) is 11.4. The molecular formula is C15H19N3O. The Hall–Kier alpha value is -1.68. The molecule has 2 aromatic rings. The van der Waals surface area contributed by atoms with Gasteiger partial charge in [0.15, 0.2) is 5.82 Å². The van der Waals surface area contributed by atoms with E-state index in [1.54, 1.807) is 0 Å². The average Bonchev–Trinajstić information content (AvgIpc) is 2.86. The highest BCUT2D eigenvalue weighted by atomic mass is 16.5. The van der Waals surface area contributed by atoms with Crippen molar-refractivity contribution in [1.29, 1.82) is 0 Å². The van der Waals surface area contributed by atoms with Gasteiger partial charge in [0, 0.05) is 13.0 Å². The molecule has 0 aliphatic carbocycles. The Kier molecular flexibility index (Phi) is 3.34. The summed E-state index contributed by atoms with van der Waals surface area (Å²) in [5.41, 5.74) is 2.73. The molecule has 1 N–H and O–H groups in total. The first kappa shape index (κ1) is 12.4. The molecular weight excluding hydrogens is 238 g/mol. The predicted molar refractivity (Wildman–Crippen MR) is 72.6 cm³/mol. The van der Waals surface area contributed by atoms with Crippen LogP contribution in [-0.4, -0.2) is 10.1 Å². The van der Waals surface area contributed by atoms with Crippen LogP contribution in [-0.2, 0) is 19.4 Å². The van der Waals surface area contributed by atoms with Crippen molar-refractivity contribution in [3.05, 3.63) is 47.1 Å². The summed E-state index contributed by atoms with van der Waals surface area (Å²) in [6.07, 6.45) is 1.78. The van der Waals surface area contributed by atoms with E-state index in [0.29, 0.717) is 11.8 Å². The predicted octanol–water partition coefficient (Wildman–Crippen LogP) is 2.66. The summed E-state index contributed by atoms with van der Waals surface area (Å²) in [5.74, 6) is 2.07. The van der Waals surface area contributed by atoms with E-state index in [0.717, 1.165) is 25.2 Å². The van der Waals surface area contributed by atoms with E-state index in [2.05, 4.69) is 53.6 Å². The molecule has 0 saturated carbocycles. The number of rotatable bonds is 3. The van der Waals surface area contributed by atoms with Crippen LogP contribution in [0, 0.1) is 5.92 Å². The van der Waals surface area contributed by atoms with Crippen LogP contribution in [0.15, 0.2) is 28.8 Å². The summed E-state index contributed by atoms with van der Waals surface area (Å²) in [5, 5.41) is 7.52. The molecule has 0 unspecified atom stereocenters. The smallest absolute Gasteiger partial charge is 0.244 e. The highest BCUT2D eigenvalue weighted by Gasteiger charge is 2.24. The van der Waals surface area contributed by atoms with Gasteiger partial charge < -0.3 is 9.84 Å². The highest BCUT2D eigenvalue weighted by molar-refractivity contribution is 5.30. The molecule has 0 fully saturated rings. The zero-order valence-electron chi connectivity index (χ0n) is 11.4. The fourth-order valence-electron chi connectivity index (χ4n) is 2.49. The number of nitrogens with zero attached hydrogens (tertiary/aromatic N) is 2. The van der Waals surface area contributed by atoms with E-state index in [9.17, 15) is 0 Å². The summed E-state index contributed by atoms with van der Waals surface area (Å²) in [4.78, 5) is 4.51. The Morgan fingerprint density at radius 2 is 2.11 bits per heavy atom. The monoisotopic (exact) mass is 257 g/mol. The van der Waals surface area contributed by atoms with Gasteiger partial charge in [-0.1, -0.05) is 43.3 Å². The number of fused-ring (bicyclic) bond motifs is 1. The van der Waals surface area contributed by atoms with Gasteiger partial charge in [-0.15, -0.1) is 0 Å². The quantitative estimate of drug-likeness (QED) is 0.918. The number of nitrogens with one attached hydrogen (secondary N) is 1. The molecule has 4 nitrogen and oxygen atoms in total. The van der Waals surface area contributed by atoms with Crippen LogP contribution in [0.3, 0.4) is 0 Å². The van der Waals surface area contributed by atoms with E-state index in [1.165, 1.54) is 11.1 Å². The van der Waals surface area contributed by atoms with E-state index >= 15 is 0 Å². The second-order valence-electron chi connectivity index (χ2n) is 5.55. The van der Waals surface area contributed by atoms with E-state index in [1.807, 2.05) is 0 Å². The Bertz CT molecular complexity index is 562. The Morgan fingerprint density at radius 3 is 2.89 bits per heavy atom. The van der Waals surface area contributed by atoms with Gasteiger partial charge in [0.1, 0.15) is 0 Å². The lowest BCUT2D eigenvalue weighted by Crippen LogP contribution is -2.28. The maximum atomic E-state index is 5.40.